The zero-order valence-electron chi connectivity index (χ0n) is 20.7. The van der Waals surface area contributed by atoms with Crippen LogP contribution in [0.5, 0.6) is 6.01 Å². The Morgan fingerprint density at radius 1 is 1.16 bits per heavy atom. The van der Waals surface area contributed by atoms with Gasteiger partial charge in [-0.05, 0) is 30.2 Å². The fourth-order valence-electron chi connectivity index (χ4n) is 4.66. The van der Waals surface area contributed by atoms with Crippen LogP contribution in [0.25, 0.3) is 4.85 Å². The predicted molar refractivity (Wildman–Crippen MR) is 137 cm³/mol. The molecule has 3 aromatic rings. The van der Waals surface area contributed by atoms with E-state index in [0.717, 1.165) is 28.2 Å². The van der Waals surface area contributed by atoms with Crippen LogP contribution in [0, 0.1) is 6.57 Å². The molecule has 0 saturated carbocycles. The minimum atomic E-state index is -0.401. The van der Waals surface area contributed by atoms with E-state index in [2.05, 4.69) is 25.0 Å². The smallest absolute Gasteiger partial charge is 0.410 e. The topological polar surface area (TPSA) is 97.1 Å². The summed E-state index contributed by atoms with van der Waals surface area (Å²) in [4.78, 5) is 33.8. The van der Waals surface area contributed by atoms with Gasteiger partial charge in [0.25, 0.3) is 0 Å². The normalized spacial score (nSPS) is 17.6. The van der Waals surface area contributed by atoms with E-state index in [4.69, 9.17) is 21.0 Å². The number of rotatable bonds is 7. The molecule has 1 saturated heterocycles. The van der Waals surface area contributed by atoms with Gasteiger partial charge in [0.05, 0.1) is 5.69 Å². The Kier molecular flexibility index (Phi) is 7.42. The second kappa shape index (κ2) is 11.2. The minimum Gasteiger partial charge on any atom is -0.456 e. The molecular weight excluding hydrogens is 470 g/mol. The van der Waals surface area contributed by atoms with Crippen LogP contribution >= 0.6 is 0 Å². The Bertz CT molecular complexity index is 1270. The van der Waals surface area contributed by atoms with Crippen LogP contribution in [0.1, 0.15) is 35.4 Å². The standard InChI is InChI=1S/C27H29N7O3/c1-19(21-8-10-29-11-9-21)37-26-31-24-16-30-15-23(24)25(32-26)33-12-13-34(22(17-33)14-28-2)27(35)36-18-20-6-4-3-5-7-20/h3-11,19,22,30H,12-18H2,1H3/t19-,22+/m1/s1. The van der Waals surface area contributed by atoms with E-state index in [1.165, 1.54) is 0 Å². The summed E-state index contributed by atoms with van der Waals surface area (Å²) in [5.41, 5.74) is 3.85. The highest BCUT2D eigenvalue weighted by atomic mass is 16.6. The van der Waals surface area contributed by atoms with Gasteiger partial charge >= 0.3 is 12.1 Å². The number of fused-ring (bicyclic) bond motifs is 1. The number of benzene rings is 1. The van der Waals surface area contributed by atoms with Crippen molar-refractivity contribution in [1.29, 1.82) is 0 Å². The van der Waals surface area contributed by atoms with Crippen molar-refractivity contribution in [2.24, 2.45) is 0 Å². The third kappa shape index (κ3) is 5.62. The lowest BCUT2D eigenvalue weighted by Crippen LogP contribution is -2.56. The van der Waals surface area contributed by atoms with Crippen molar-refractivity contribution < 1.29 is 14.3 Å². The molecule has 0 spiro atoms. The van der Waals surface area contributed by atoms with Gasteiger partial charge in [-0.25, -0.2) is 11.4 Å². The summed E-state index contributed by atoms with van der Waals surface area (Å²) < 4.78 is 11.7. The number of ether oxygens (including phenoxy) is 2. The molecule has 1 N–H and O–H groups in total. The summed E-state index contributed by atoms with van der Waals surface area (Å²) >= 11 is 0. The van der Waals surface area contributed by atoms with Crippen molar-refractivity contribution in [3.05, 3.63) is 88.7 Å². The summed E-state index contributed by atoms with van der Waals surface area (Å²) in [6.07, 6.45) is 2.82. The van der Waals surface area contributed by atoms with Crippen LogP contribution in [0.2, 0.25) is 0 Å². The largest absolute Gasteiger partial charge is 0.456 e. The lowest BCUT2D eigenvalue weighted by molar-refractivity contribution is 0.0788. The first-order valence-corrected chi connectivity index (χ1v) is 12.3. The summed E-state index contributed by atoms with van der Waals surface area (Å²) in [6.45, 7) is 12.6. The number of pyridine rings is 1. The third-order valence-electron chi connectivity index (χ3n) is 6.63. The lowest BCUT2D eigenvalue weighted by atomic mass is 10.1. The van der Waals surface area contributed by atoms with Gasteiger partial charge in [-0.2, -0.15) is 9.97 Å². The van der Waals surface area contributed by atoms with E-state index < -0.39 is 6.09 Å². The number of hydrogen-bond acceptors (Lipinski definition) is 8. The Morgan fingerprint density at radius 2 is 1.97 bits per heavy atom. The van der Waals surface area contributed by atoms with E-state index in [0.29, 0.717) is 38.7 Å². The van der Waals surface area contributed by atoms with E-state index >= 15 is 0 Å². The molecule has 2 aliphatic rings. The SMILES string of the molecule is [C-]#[N+]C[C@H]1CN(c2nc(O[C@H](C)c3ccncc3)nc3c2CNC3)CCN1C(=O)OCc1ccccc1. The van der Waals surface area contributed by atoms with Crippen LogP contribution in [-0.2, 0) is 24.4 Å². The molecular formula is C27H29N7O3. The average molecular weight is 500 g/mol. The van der Waals surface area contributed by atoms with E-state index in [1.807, 2.05) is 49.4 Å². The van der Waals surface area contributed by atoms with Crippen LogP contribution in [0.15, 0.2) is 54.9 Å². The Morgan fingerprint density at radius 3 is 2.76 bits per heavy atom. The number of aromatic nitrogens is 3. The molecule has 5 rings (SSSR count). The third-order valence-corrected chi connectivity index (χ3v) is 6.63. The maximum absolute atomic E-state index is 12.9. The van der Waals surface area contributed by atoms with Crippen molar-refractivity contribution in [1.82, 2.24) is 25.2 Å². The summed E-state index contributed by atoms with van der Waals surface area (Å²) in [7, 11) is 0. The second-order valence-corrected chi connectivity index (χ2v) is 9.07. The number of carbonyl (C=O) groups is 1. The zero-order chi connectivity index (χ0) is 25.6. The highest BCUT2D eigenvalue weighted by molar-refractivity contribution is 5.69. The maximum Gasteiger partial charge on any atom is 0.410 e. The van der Waals surface area contributed by atoms with E-state index in [1.54, 1.807) is 17.3 Å². The Labute approximate surface area is 216 Å². The van der Waals surface area contributed by atoms with Crippen LogP contribution in [-0.4, -0.2) is 58.2 Å². The van der Waals surface area contributed by atoms with Crippen molar-refractivity contribution in [3.8, 4) is 6.01 Å². The first-order valence-electron chi connectivity index (χ1n) is 12.3. The Balaban J connectivity index is 1.32. The molecule has 0 aliphatic carbocycles. The second-order valence-electron chi connectivity index (χ2n) is 9.07. The van der Waals surface area contributed by atoms with Crippen molar-refractivity contribution >= 4 is 11.9 Å². The molecule has 1 amide bonds. The van der Waals surface area contributed by atoms with E-state index in [9.17, 15) is 4.79 Å². The molecule has 37 heavy (non-hydrogen) atoms. The molecule has 0 radical (unpaired) electrons. The quantitative estimate of drug-likeness (QED) is 0.495. The highest BCUT2D eigenvalue weighted by Crippen LogP contribution is 2.30. The fraction of sp³-hybridized carbons (Fsp3) is 0.370. The zero-order valence-corrected chi connectivity index (χ0v) is 20.7. The van der Waals surface area contributed by atoms with Gasteiger partial charge in [-0.15, -0.1) is 0 Å². The first-order chi connectivity index (χ1) is 18.1. The lowest BCUT2D eigenvalue weighted by Gasteiger charge is -2.39. The molecule has 2 aromatic heterocycles. The molecule has 1 aromatic carbocycles. The summed E-state index contributed by atoms with van der Waals surface area (Å²) in [5, 5.41) is 3.35. The molecule has 0 bridgehead atoms. The van der Waals surface area contributed by atoms with Gasteiger partial charge in [0.1, 0.15) is 24.6 Å². The van der Waals surface area contributed by atoms with Crippen molar-refractivity contribution in [3.63, 3.8) is 0 Å². The van der Waals surface area contributed by atoms with Gasteiger partial charge < -0.3 is 24.5 Å². The van der Waals surface area contributed by atoms with Crippen LogP contribution < -0.4 is 15.0 Å². The van der Waals surface area contributed by atoms with E-state index in [-0.39, 0.29) is 25.3 Å². The van der Waals surface area contributed by atoms with Gasteiger partial charge in [0, 0.05) is 50.7 Å². The number of piperazine rings is 1. The number of hydrogen-bond donors (Lipinski definition) is 1. The summed E-state index contributed by atoms with van der Waals surface area (Å²) in [5.74, 6) is 0.791. The van der Waals surface area contributed by atoms with Crippen molar-refractivity contribution in [2.75, 3.05) is 31.1 Å². The molecule has 190 valence electrons. The number of nitrogens with zero attached hydrogens (tertiary/aromatic N) is 6. The monoisotopic (exact) mass is 499 g/mol. The number of nitrogens with one attached hydrogen (secondary N) is 1. The number of carbonyl (C=O) groups excluding carboxylic acids is 1. The first kappa shape index (κ1) is 24.5. The van der Waals surface area contributed by atoms with Gasteiger partial charge in [0.2, 0.25) is 6.54 Å². The van der Waals surface area contributed by atoms with Crippen LogP contribution in [0.4, 0.5) is 10.6 Å². The fourth-order valence-corrected chi connectivity index (χ4v) is 4.66. The number of anilines is 1. The average Bonchev–Trinajstić information content (AvgIpc) is 3.41. The molecule has 10 nitrogen and oxygen atoms in total. The van der Waals surface area contributed by atoms with Gasteiger partial charge in [0.15, 0.2) is 0 Å². The maximum atomic E-state index is 12.9. The highest BCUT2D eigenvalue weighted by Gasteiger charge is 2.36. The van der Waals surface area contributed by atoms with Crippen LogP contribution in [0.3, 0.4) is 0 Å². The van der Waals surface area contributed by atoms with Gasteiger partial charge in [-0.1, -0.05) is 30.3 Å². The molecule has 2 atom stereocenters. The molecule has 0 unspecified atom stereocenters. The Hall–Kier alpha value is -4.23. The molecule has 2 aliphatic heterocycles. The molecule has 10 heteroatoms. The number of amides is 1. The van der Waals surface area contributed by atoms with Gasteiger partial charge in [-0.3, -0.25) is 9.88 Å². The molecule has 1 fully saturated rings. The molecule has 4 heterocycles. The minimum absolute atomic E-state index is 0.185. The predicted octanol–water partition coefficient (Wildman–Crippen LogP) is 3.36. The summed E-state index contributed by atoms with van der Waals surface area (Å²) in [6, 6.07) is 13.4. The van der Waals surface area contributed by atoms with Crippen molar-refractivity contribution in [2.45, 2.75) is 38.8 Å².